The zero-order chi connectivity index (χ0) is 11.5. The lowest BCUT2D eigenvalue weighted by Crippen LogP contribution is -2.15. The second-order valence-electron chi connectivity index (χ2n) is 3.64. The molecule has 0 saturated carbocycles. The molecule has 2 heterocycles. The number of carbonyl (C=O) groups is 1. The Morgan fingerprint density at radius 1 is 1.44 bits per heavy atom. The molecule has 0 aliphatic carbocycles. The summed E-state index contributed by atoms with van der Waals surface area (Å²) in [5.41, 5.74) is 2.28. The third-order valence-electron chi connectivity index (χ3n) is 2.33. The second-order valence-corrected chi connectivity index (χ2v) is 3.64. The topological polar surface area (TPSA) is 46.9 Å². The van der Waals surface area contributed by atoms with Gasteiger partial charge in [-0.05, 0) is 31.2 Å². The number of aromatic nitrogens is 2. The van der Waals surface area contributed by atoms with Gasteiger partial charge in [-0.2, -0.15) is 0 Å². The van der Waals surface area contributed by atoms with E-state index < -0.39 is 0 Å². The molecular formula is C12H13N3O. The molecule has 4 heteroatoms. The number of pyridine rings is 1. The van der Waals surface area contributed by atoms with Crippen molar-refractivity contribution >= 4 is 11.6 Å². The van der Waals surface area contributed by atoms with Crippen LogP contribution in [0.25, 0.3) is 0 Å². The van der Waals surface area contributed by atoms with Gasteiger partial charge < -0.3 is 9.88 Å². The molecule has 16 heavy (non-hydrogen) atoms. The number of nitrogens with zero attached hydrogens (tertiary/aromatic N) is 2. The van der Waals surface area contributed by atoms with Crippen LogP contribution in [0, 0.1) is 6.92 Å². The third kappa shape index (κ3) is 2.11. The maximum atomic E-state index is 11.9. The van der Waals surface area contributed by atoms with Crippen LogP contribution in [0.1, 0.15) is 16.2 Å². The van der Waals surface area contributed by atoms with E-state index in [2.05, 4.69) is 10.3 Å². The predicted octanol–water partition coefficient (Wildman–Crippen LogP) is 1.98. The van der Waals surface area contributed by atoms with Crippen LogP contribution >= 0.6 is 0 Å². The fourth-order valence-electron chi connectivity index (χ4n) is 1.52. The minimum Gasteiger partial charge on any atom is -0.347 e. The molecule has 4 nitrogen and oxygen atoms in total. The lowest BCUT2D eigenvalue weighted by atomic mass is 10.3. The average Bonchev–Trinajstić information content (AvgIpc) is 2.64. The van der Waals surface area contributed by atoms with E-state index in [9.17, 15) is 4.79 Å². The summed E-state index contributed by atoms with van der Waals surface area (Å²) in [5.74, 6) is -0.113. The number of hydrogen-bond acceptors (Lipinski definition) is 2. The van der Waals surface area contributed by atoms with Crippen molar-refractivity contribution in [2.45, 2.75) is 6.92 Å². The number of hydrogen-bond donors (Lipinski definition) is 1. The Morgan fingerprint density at radius 3 is 2.88 bits per heavy atom. The van der Waals surface area contributed by atoms with Gasteiger partial charge in [-0.3, -0.25) is 9.78 Å². The first kappa shape index (κ1) is 10.4. The van der Waals surface area contributed by atoms with Crippen LogP contribution in [0.2, 0.25) is 0 Å². The van der Waals surface area contributed by atoms with Crippen molar-refractivity contribution < 1.29 is 4.79 Å². The zero-order valence-corrected chi connectivity index (χ0v) is 9.27. The van der Waals surface area contributed by atoms with Gasteiger partial charge >= 0.3 is 0 Å². The molecular weight excluding hydrogens is 202 g/mol. The zero-order valence-electron chi connectivity index (χ0n) is 9.27. The Morgan fingerprint density at radius 2 is 2.25 bits per heavy atom. The Balaban J connectivity index is 2.17. The summed E-state index contributed by atoms with van der Waals surface area (Å²) in [6.45, 7) is 1.89. The number of amides is 1. The average molecular weight is 215 g/mol. The van der Waals surface area contributed by atoms with Gasteiger partial charge in [0.2, 0.25) is 0 Å². The van der Waals surface area contributed by atoms with Gasteiger partial charge in [0.15, 0.2) is 0 Å². The van der Waals surface area contributed by atoms with E-state index in [1.807, 2.05) is 32.3 Å². The summed E-state index contributed by atoms with van der Waals surface area (Å²) in [4.78, 5) is 15.9. The van der Waals surface area contributed by atoms with Crippen molar-refractivity contribution in [2.75, 3.05) is 5.32 Å². The molecule has 0 radical (unpaired) electrons. The number of nitrogens with one attached hydrogen (secondary N) is 1. The highest BCUT2D eigenvalue weighted by molar-refractivity contribution is 6.03. The van der Waals surface area contributed by atoms with Crippen LogP contribution in [0.15, 0.2) is 36.7 Å². The maximum Gasteiger partial charge on any atom is 0.272 e. The van der Waals surface area contributed by atoms with Gasteiger partial charge in [0.1, 0.15) is 5.69 Å². The molecule has 2 aromatic rings. The lowest BCUT2D eigenvalue weighted by Gasteiger charge is -2.06. The van der Waals surface area contributed by atoms with E-state index in [1.54, 1.807) is 22.9 Å². The van der Waals surface area contributed by atoms with Crippen LogP contribution in [-0.4, -0.2) is 15.5 Å². The molecule has 0 fully saturated rings. The highest BCUT2D eigenvalue weighted by atomic mass is 16.1. The maximum absolute atomic E-state index is 11.9. The molecule has 0 atom stereocenters. The first-order valence-electron chi connectivity index (χ1n) is 5.02. The van der Waals surface area contributed by atoms with E-state index in [1.165, 1.54) is 0 Å². The fraction of sp³-hybridized carbons (Fsp3) is 0.167. The Bertz CT molecular complexity index is 516. The molecule has 0 aromatic carbocycles. The normalized spacial score (nSPS) is 10.1. The first-order chi connectivity index (χ1) is 7.66. The quantitative estimate of drug-likeness (QED) is 0.832. The second kappa shape index (κ2) is 4.18. The summed E-state index contributed by atoms with van der Waals surface area (Å²) in [7, 11) is 1.84. The van der Waals surface area contributed by atoms with Crippen LogP contribution < -0.4 is 5.32 Å². The van der Waals surface area contributed by atoms with Crippen LogP contribution in [0.4, 0.5) is 5.69 Å². The standard InChI is InChI=1S/C12H13N3O/c1-9-8-10(5-6-13-9)14-12(16)11-4-3-7-15(11)2/h3-8H,1-2H3,(H,13,14,16). The van der Waals surface area contributed by atoms with Crippen molar-refractivity contribution in [3.05, 3.63) is 48.0 Å². The number of anilines is 1. The van der Waals surface area contributed by atoms with E-state index in [0.29, 0.717) is 5.69 Å². The molecule has 0 unspecified atom stereocenters. The number of aryl methyl sites for hydroxylation is 2. The molecule has 2 rings (SSSR count). The van der Waals surface area contributed by atoms with Gasteiger partial charge in [0.05, 0.1) is 0 Å². The highest BCUT2D eigenvalue weighted by Crippen LogP contribution is 2.09. The Kier molecular flexibility index (Phi) is 2.72. The molecule has 2 aromatic heterocycles. The molecule has 0 aliphatic heterocycles. The number of rotatable bonds is 2. The molecule has 0 saturated heterocycles. The molecule has 82 valence electrons. The van der Waals surface area contributed by atoms with Gasteiger partial charge in [0, 0.05) is 30.8 Å². The van der Waals surface area contributed by atoms with Gasteiger partial charge in [-0.15, -0.1) is 0 Å². The monoisotopic (exact) mass is 215 g/mol. The Hall–Kier alpha value is -2.10. The lowest BCUT2D eigenvalue weighted by molar-refractivity contribution is 0.101. The molecule has 1 N–H and O–H groups in total. The largest absolute Gasteiger partial charge is 0.347 e. The minimum absolute atomic E-state index is 0.113. The highest BCUT2D eigenvalue weighted by Gasteiger charge is 2.08. The SMILES string of the molecule is Cc1cc(NC(=O)c2cccn2C)ccn1. The van der Waals surface area contributed by atoms with Crippen LogP contribution in [0.3, 0.4) is 0 Å². The summed E-state index contributed by atoms with van der Waals surface area (Å²) in [5, 5.41) is 2.83. The van der Waals surface area contributed by atoms with Crippen LogP contribution in [-0.2, 0) is 7.05 Å². The van der Waals surface area contributed by atoms with E-state index in [-0.39, 0.29) is 5.91 Å². The number of carbonyl (C=O) groups excluding carboxylic acids is 1. The first-order valence-corrected chi connectivity index (χ1v) is 5.02. The molecule has 0 bridgehead atoms. The van der Waals surface area contributed by atoms with Crippen LogP contribution in [0.5, 0.6) is 0 Å². The smallest absolute Gasteiger partial charge is 0.272 e. The Labute approximate surface area is 93.9 Å². The van der Waals surface area contributed by atoms with E-state index in [4.69, 9.17) is 0 Å². The van der Waals surface area contributed by atoms with Crippen molar-refractivity contribution in [2.24, 2.45) is 7.05 Å². The van der Waals surface area contributed by atoms with Crippen molar-refractivity contribution in [1.29, 1.82) is 0 Å². The molecule has 1 amide bonds. The fourth-order valence-corrected chi connectivity index (χ4v) is 1.52. The summed E-state index contributed by atoms with van der Waals surface area (Å²) in [6.07, 6.45) is 3.52. The minimum atomic E-state index is -0.113. The third-order valence-corrected chi connectivity index (χ3v) is 2.33. The van der Waals surface area contributed by atoms with Gasteiger partial charge in [0.25, 0.3) is 5.91 Å². The van der Waals surface area contributed by atoms with E-state index in [0.717, 1.165) is 11.4 Å². The van der Waals surface area contributed by atoms with Crippen molar-refractivity contribution in [1.82, 2.24) is 9.55 Å². The summed E-state index contributed by atoms with van der Waals surface area (Å²) < 4.78 is 1.78. The predicted molar refractivity (Wildman–Crippen MR) is 62.3 cm³/mol. The molecule has 0 spiro atoms. The van der Waals surface area contributed by atoms with Crippen molar-refractivity contribution in [3.63, 3.8) is 0 Å². The summed E-state index contributed by atoms with van der Waals surface area (Å²) in [6, 6.07) is 7.23. The molecule has 0 aliphatic rings. The van der Waals surface area contributed by atoms with Crippen molar-refractivity contribution in [3.8, 4) is 0 Å². The summed E-state index contributed by atoms with van der Waals surface area (Å²) >= 11 is 0. The van der Waals surface area contributed by atoms with Gasteiger partial charge in [-0.1, -0.05) is 0 Å². The van der Waals surface area contributed by atoms with Gasteiger partial charge in [-0.25, -0.2) is 0 Å². The van der Waals surface area contributed by atoms with E-state index >= 15 is 0 Å².